The third-order valence-electron chi connectivity index (χ3n) is 1.35. The van der Waals surface area contributed by atoms with Crippen molar-refractivity contribution < 1.29 is 0 Å². The van der Waals surface area contributed by atoms with Crippen LogP contribution < -0.4 is 4.90 Å². The molecule has 0 radical (unpaired) electrons. The highest BCUT2D eigenvalue weighted by molar-refractivity contribution is 6.99. The van der Waals surface area contributed by atoms with Gasteiger partial charge in [-0.2, -0.15) is 8.75 Å². The van der Waals surface area contributed by atoms with Gasteiger partial charge in [-0.15, -0.1) is 0 Å². The van der Waals surface area contributed by atoms with Crippen molar-refractivity contribution >= 4 is 29.1 Å². The van der Waals surface area contributed by atoms with Gasteiger partial charge < -0.3 is 4.90 Å². The molecule has 0 fully saturated rings. The number of nitrogens with zero attached hydrogens (tertiary/aromatic N) is 3. The second-order valence-corrected chi connectivity index (χ2v) is 3.19. The smallest absolute Gasteiger partial charge is 0.187 e. The summed E-state index contributed by atoms with van der Waals surface area (Å²) < 4.78 is 7.93. The lowest BCUT2D eigenvalue weighted by molar-refractivity contribution is 0.843. The van der Waals surface area contributed by atoms with E-state index in [1.54, 1.807) is 0 Å². The minimum atomic E-state index is 0.506. The van der Waals surface area contributed by atoms with Crippen LogP contribution in [-0.4, -0.2) is 22.3 Å². The fraction of sp³-hybridized carbons (Fsp3) is 0.667. The van der Waals surface area contributed by atoms with E-state index >= 15 is 0 Å². The molecule has 0 unspecified atom stereocenters. The molecular weight excluding hydrogens is 182 g/mol. The first-order valence-electron chi connectivity index (χ1n) is 3.45. The van der Waals surface area contributed by atoms with Crippen LogP contribution in [0.2, 0.25) is 5.15 Å². The van der Waals surface area contributed by atoms with E-state index in [9.17, 15) is 0 Å². The quantitative estimate of drug-likeness (QED) is 0.732. The average Bonchev–Trinajstić information content (AvgIpc) is 2.36. The van der Waals surface area contributed by atoms with E-state index in [-0.39, 0.29) is 0 Å². The summed E-state index contributed by atoms with van der Waals surface area (Å²) >= 11 is 6.91. The van der Waals surface area contributed by atoms with Crippen LogP contribution in [0.1, 0.15) is 13.3 Å². The largest absolute Gasteiger partial charge is 0.356 e. The molecule has 3 nitrogen and oxygen atoms in total. The first kappa shape index (κ1) is 8.74. The Morgan fingerprint density at radius 3 is 2.73 bits per heavy atom. The molecule has 1 rings (SSSR count). The van der Waals surface area contributed by atoms with Crippen molar-refractivity contribution in [2.24, 2.45) is 0 Å². The van der Waals surface area contributed by atoms with Crippen molar-refractivity contribution in [1.82, 2.24) is 8.75 Å². The van der Waals surface area contributed by atoms with Gasteiger partial charge in [-0.25, -0.2) is 0 Å². The number of aromatic nitrogens is 2. The topological polar surface area (TPSA) is 29.0 Å². The Labute approximate surface area is 75.3 Å². The van der Waals surface area contributed by atoms with Crippen molar-refractivity contribution in [3.05, 3.63) is 5.15 Å². The molecule has 0 saturated carbocycles. The van der Waals surface area contributed by atoms with Crippen LogP contribution in [-0.2, 0) is 0 Å². The van der Waals surface area contributed by atoms with Crippen LogP contribution >= 0.6 is 23.3 Å². The van der Waals surface area contributed by atoms with Crippen molar-refractivity contribution in [2.75, 3.05) is 18.5 Å². The normalized spacial score (nSPS) is 10.1. The number of rotatable bonds is 3. The Morgan fingerprint density at radius 2 is 2.27 bits per heavy atom. The van der Waals surface area contributed by atoms with Gasteiger partial charge in [0.15, 0.2) is 11.0 Å². The predicted molar refractivity (Wildman–Crippen MR) is 48.5 cm³/mol. The summed E-state index contributed by atoms with van der Waals surface area (Å²) in [5, 5.41) is 0.506. The lowest BCUT2D eigenvalue weighted by Crippen LogP contribution is -2.18. The van der Waals surface area contributed by atoms with E-state index in [0.29, 0.717) is 5.15 Å². The van der Waals surface area contributed by atoms with Crippen LogP contribution in [0.4, 0.5) is 5.82 Å². The molecule has 0 aromatic carbocycles. The molecule has 0 amide bonds. The van der Waals surface area contributed by atoms with Crippen LogP contribution in [0.5, 0.6) is 0 Å². The van der Waals surface area contributed by atoms with E-state index in [2.05, 4.69) is 15.7 Å². The Balaban J connectivity index is 2.67. The molecule has 0 aliphatic heterocycles. The molecule has 0 atom stereocenters. The molecule has 1 aromatic rings. The maximum absolute atomic E-state index is 5.77. The van der Waals surface area contributed by atoms with Crippen LogP contribution in [0.15, 0.2) is 0 Å². The van der Waals surface area contributed by atoms with Crippen LogP contribution in [0, 0.1) is 0 Å². The minimum Gasteiger partial charge on any atom is -0.356 e. The Bertz CT molecular complexity index is 225. The van der Waals surface area contributed by atoms with Crippen molar-refractivity contribution in [3.63, 3.8) is 0 Å². The molecule has 1 aromatic heterocycles. The third kappa shape index (κ3) is 2.04. The van der Waals surface area contributed by atoms with Crippen molar-refractivity contribution in [3.8, 4) is 0 Å². The molecule has 0 N–H and O–H groups in total. The molecule has 0 saturated heterocycles. The SMILES string of the molecule is CCCN(C)c1nsnc1Cl. The minimum absolute atomic E-state index is 0.506. The summed E-state index contributed by atoms with van der Waals surface area (Å²) in [6.07, 6.45) is 1.09. The van der Waals surface area contributed by atoms with E-state index in [1.165, 1.54) is 0 Å². The van der Waals surface area contributed by atoms with Crippen LogP contribution in [0.25, 0.3) is 0 Å². The van der Waals surface area contributed by atoms with Gasteiger partial charge in [0.25, 0.3) is 0 Å². The summed E-state index contributed by atoms with van der Waals surface area (Å²) in [4.78, 5) is 2.01. The number of hydrogen-bond donors (Lipinski definition) is 0. The van der Waals surface area contributed by atoms with Gasteiger partial charge in [0.1, 0.15) is 0 Å². The highest BCUT2D eigenvalue weighted by atomic mass is 35.5. The van der Waals surface area contributed by atoms with Gasteiger partial charge in [0.05, 0.1) is 11.7 Å². The maximum Gasteiger partial charge on any atom is 0.187 e. The molecule has 0 spiro atoms. The zero-order chi connectivity index (χ0) is 8.27. The lowest BCUT2D eigenvalue weighted by atomic mass is 10.4. The summed E-state index contributed by atoms with van der Waals surface area (Å²) in [6, 6.07) is 0. The monoisotopic (exact) mass is 191 g/mol. The summed E-state index contributed by atoms with van der Waals surface area (Å²) in [7, 11) is 1.96. The molecular formula is C6H10ClN3S. The van der Waals surface area contributed by atoms with E-state index in [1.807, 2.05) is 11.9 Å². The lowest BCUT2D eigenvalue weighted by Gasteiger charge is -2.13. The zero-order valence-corrected chi connectivity index (χ0v) is 8.11. The fourth-order valence-corrected chi connectivity index (χ4v) is 1.67. The highest BCUT2D eigenvalue weighted by Crippen LogP contribution is 2.21. The molecule has 5 heteroatoms. The van der Waals surface area contributed by atoms with E-state index < -0.39 is 0 Å². The predicted octanol–water partition coefficient (Wildman–Crippen LogP) is 2.04. The summed E-state index contributed by atoms with van der Waals surface area (Å²) in [5.41, 5.74) is 0. The van der Waals surface area contributed by atoms with Crippen molar-refractivity contribution in [1.29, 1.82) is 0 Å². The first-order chi connectivity index (χ1) is 5.25. The van der Waals surface area contributed by atoms with Crippen LogP contribution in [0.3, 0.4) is 0 Å². The number of halogens is 1. The second-order valence-electron chi connectivity index (χ2n) is 2.30. The highest BCUT2D eigenvalue weighted by Gasteiger charge is 2.08. The number of anilines is 1. The third-order valence-corrected chi connectivity index (χ3v) is 2.23. The van der Waals surface area contributed by atoms with E-state index in [4.69, 9.17) is 11.6 Å². The molecule has 0 aliphatic rings. The molecule has 62 valence electrons. The molecule has 0 aliphatic carbocycles. The van der Waals surface area contributed by atoms with E-state index in [0.717, 1.165) is 30.5 Å². The Kier molecular flexibility index (Phi) is 3.08. The zero-order valence-electron chi connectivity index (χ0n) is 6.54. The number of hydrogen-bond acceptors (Lipinski definition) is 4. The van der Waals surface area contributed by atoms with Gasteiger partial charge >= 0.3 is 0 Å². The molecule has 0 bridgehead atoms. The first-order valence-corrected chi connectivity index (χ1v) is 4.55. The molecule has 11 heavy (non-hydrogen) atoms. The standard InChI is InChI=1S/C6H10ClN3S/c1-3-4-10(2)6-5(7)8-11-9-6/h3-4H2,1-2H3. The van der Waals surface area contributed by atoms with Gasteiger partial charge in [-0.3, -0.25) is 0 Å². The second kappa shape index (κ2) is 3.88. The summed E-state index contributed by atoms with van der Waals surface area (Å²) in [5.74, 6) is 0.790. The Hall–Kier alpha value is -0.350. The molecule has 1 heterocycles. The van der Waals surface area contributed by atoms with Gasteiger partial charge in [-0.1, -0.05) is 18.5 Å². The van der Waals surface area contributed by atoms with Crippen molar-refractivity contribution in [2.45, 2.75) is 13.3 Å². The average molecular weight is 192 g/mol. The Morgan fingerprint density at radius 1 is 1.55 bits per heavy atom. The maximum atomic E-state index is 5.77. The van der Waals surface area contributed by atoms with Gasteiger partial charge in [0.2, 0.25) is 0 Å². The van der Waals surface area contributed by atoms with Gasteiger partial charge in [-0.05, 0) is 6.42 Å². The van der Waals surface area contributed by atoms with Gasteiger partial charge in [0, 0.05) is 13.6 Å². The summed E-state index contributed by atoms with van der Waals surface area (Å²) in [6.45, 7) is 3.08. The fourth-order valence-electron chi connectivity index (χ4n) is 0.842.